The predicted octanol–water partition coefficient (Wildman–Crippen LogP) is 1.45. The summed E-state index contributed by atoms with van der Waals surface area (Å²) < 4.78 is 1.89. The van der Waals surface area contributed by atoms with Crippen LogP contribution in [0.1, 0.15) is 25.8 Å². The van der Waals surface area contributed by atoms with Crippen molar-refractivity contribution in [3.63, 3.8) is 0 Å². The highest BCUT2D eigenvalue weighted by atomic mass is 16.4. The summed E-state index contributed by atoms with van der Waals surface area (Å²) in [7, 11) is 1.87. The van der Waals surface area contributed by atoms with Gasteiger partial charge in [-0.3, -0.25) is 4.79 Å². The zero-order valence-corrected chi connectivity index (χ0v) is 14.3. The minimum absolute atomic E-state index is 0.0890. The maximum Gasteiger partial charge on any atom is 0.331 e. The zero-order valence-electron chi connectivity index (χ0n) is 14.3. The van der Waals surface area contributed by atoms with E-state index in [4.69, 9.17) is 11.5 Å². The molecule has 2 aromatic rings. The molecule has 130 valence electrons. The van der Waals surface area contributed by atoms with Crippen molar-refractivity contribution in [3.05, 3.63) is 36.0 Å². The first-order valence-corrected chi connectivity index (χ1v) is 8.02. The molecule has 1 heterocycles. The standard InChI is InChI=1S/C18H25N3O3/c1-11(2)8-14(19)16(22)18(20,17(23)24)9-12-10-21(3)15-7-5-4-6-13(12)15/h4-7,10-11,14H,8-9,19-20H2,1-3H3,(H,23,24)/t14-,18-/m0/s1. The van der Waals surface area contributed by atoms with Gasteiger partial charge in [-0.2, -0.15) is 0 Å². The average molecular weight is 331 g/mol. The third-order valence-corrected chi connectivity index (χ3v) is 4.33. The van der Waals surface area contributed by atoms with E-state index in [1.54, 1.807) is 0 Å². The van der Waals surface area contributed by atoms with Gasteiger partial charge in [-0.05, 0) is 24.0 Å². The number of para-hydroxylation sites is 1. The Kier molecular flexibility index (Phi) is 5.11. The summed E-state index contributed by atoms with van der Waals surface area (Å²) in [6.07, 6.45) is 2.13. The molecule has 1 aromatic heterocycles. The lowest BCUT2D eigenvalue weighted by molar-refractivity contribution is -0.148. The fourth-order valence-corrected chi connectivity index (χ4v) is 3.08. The van der Waals surface area contributed by atoms with Crippen LogP contribution in [0.3, 0.4) is 0 Å². The maximum absolute atomic E-state index is 12.7. The lowest BCUT2D eigenvalue weighted by atomic mass is 9.82. The number of ketones is 1. The second-order valence-electron chi connectivity index (χ2n) is 6.84. The van der Waals surface area contributed by atoms with Gasteiger partial charge in [-0.1, -0.05) is 32.0 Å². The monoisotopic (exact) mass is 331 g/mol. The fourth-order valence-electron chi connectivity index (χ4n) is 3.08. The van der Waals surface area contributed by atoms with E-state index in [-0.39, 0.29) is 12.3 Å². The summed E-state index contributed by atoms with van der Waals surface area (Å²) in [6.45, 7) is 3.85. The highest BCUT2D eigenvalue weighted by Crippen LogP contribution is 2.25. The molecule has 0 spiro atoms. The number of rotatable bonds is 7. The molecule has 0 aliphatic heterocycles. The lowest BCUT2D eigenvalue weighted by Gasteiger charge is -2.27. The molecule has 0 saturated carbocycles. The van der Waals surface area contributed by atoms with E-state index >= 15 is 0 Å². The van der Waals surface area contributed by atoms with Gasteiger partial charge in [0.2, 0.25) is 0 Å². The van der Waals surface area contributed by atoms with E-state index in [0.29, 0.717) is 6.42 Å². The van der Waals surface area contributed by atoms with E-state index in [2.05, 4.69) is 0 Å². The molecule has 0 unspecified atom stereocenters. The van der Waals surface area contributed by atoms with E-state index < -0.39 is 23.3 Å². The summed E-state index contributed by atoms with van der Waals surface area (Å²) in [5.74, 6) is -1.80. The highest BCUT2D eigenvalue weighted by Gasteiger charge is 2.45. The van der Waals surface area contributed by atoms with Crippen molar-refractivity contribution >= 4 is 22.7 Å². The molecular formula is C18H25N3O3. The number of aliphatic carboxylic acids is 1. The van der Waals surface area contributed by atoms with Crippen molar-refractivity contribution in [1.82, 2.24) is 4.57 Å². The van der Waals surface area contributed by atoms with Gasteiger partial charge in [0.05, 0.1) is 6.04 Å². The molecule has 0 bridgehead atoms. The topological polar surface area (TPSA) is 111 Å². The Bertz CT molecular complexity index is 766. The first-order chi connectivity index (χ1) is 11.2. The number of hydrogen-bond donors (Lipinski definition) is 3. The number of fused-ring (bicyclic) bond motifs is 1. The van der Waals surface area contributed by atoms with Crippen LogP contribution in [0.2, 0.25) is 0 Å². The number of aryl methyl sites for hydroxylation is 1. The number of benzene rings is 1. The summed E-state index contributed by atoms with van der Waals surface area (Å²) in [6, 6.07) is 6.72. The Labute approximate surface area is 141 Å². The molecule has 0 fully saturated rings. The van der Waals surface area contributed by atoms with Crippen LogP contribution < -0.4 is 11.5 Å². The quantitative estimate of drug-likeness (QED) is 0.665. The molecule has 5 N–H and O–H groups in total. The van der Waals surface area contributed by atoms with Crippen molar-refractivity contribution in [2.24, 2.45) is 24.4 Å². The van der Waals surface area contributed by atoms with Crippen LogP contribution in [-0.2, 0) is 23.1 Å². The Morgan fingerprint density at radius 2 is 1.92 bits per heavy atom. The van der Waals surface area contributed by atoms with Gasteiger partial charge in [0.15, 0.2) is 11.3 Å². The number of carbonyl (C=O) groups excluding carboxylic acids is 1. The molecule has 6 heteroatoms. The van der Waals surface area contributed by atoms with Crippen molar-refractivity contribution in [2.45, 2.75) is 38.3 Å². The van der Waals surface area contributed by atoms with Crippen LogP contribution in [0, 0.1) is 5.92 Å². The van der Waals surface area contributed by atoms with Gasteiger partial charge in [-0.15, -0.1) is 0 Å². The molecule has 0 amide bonds. The molecule has 6 nitrogen and oxygen atoms in total. The Morgan fingerprint density at radius 3 is 2.50 bits per heavy atom. The summed E-state index contributed by atoms with van der Waals surface area (Å²) in [5, 5.41) is 10.5. The smallest absolute Gasteiger partial charge is 0.331 e. The van der Waals surface area contributed by atoms with Crippen molar-refractivity contribution < 1.29 is 14.7 Å². The van der Waals surface area contributed by atoms with Crippen LogP contribution >= 0.6 is 0 Å². The van der Waals surface area contributed by atoms with E-state index in [9.17, 15) is 14.7 Å². The lowest BCUT2D eigenvalue weighted by Crippen LogP contribution is -2.61. The number of nitrogens with two attached hydrogens (primary N) is 2. The Morgan fingerprint density at radius 1 is 1.29 bits per heavy atom. The van der Waals surface area contributed by atoms with Gasteiger partial charge >= 0.3 is 5.97 Å². The molecule has 0 aliphatic carbocycles. The SMILES string of the molecule is CC(C)C[C@H](N)C(=O)[C@@](N)(Cc1cn(C)c2ccccc12)C(=O)O. The van der Waals surface area contributed by atoms with Gasteiger partial charge < -0.3 is 21.1 Å². The summed E-state index contributed by atoms with van der Waals surface area (Å²) in [4.78, 5) is 24.4. The molecule has 2 rings (SSSR count). The fraction of sp³-hybridized carbons (Fsp3) is 0.444. The highest BCUT2D eigenvalue weighted by molar-refractivity contribution is 6.10. The Hall–Kier alpha value is -2.18. The molecule has 0 aliphatic rings. The number of aromatic nitrogens is 1. The van der Waals surface area contributed by atoms with Crippen molar-refractivity contribution in [1.29, 1.82) is 0 Å². The largest absolute Gasteiger partial charge is 0.480 e. The van der Waals surface area contributed by atoms with Crippen LogP contribution in [0.25, 0.3) is 10.9 Å². The normalized spacial score (nSPS) is 15.4. The van der Waals surface area contributed by atoms with E-state index in [1.165, 1.54) is 0 Å². The molecular weight excluding hydrogens is 306 g/mol. The predicted molar refractivity (Wildman–Crippen MR) is 93.6 cm³/mol. The molecule has 0 saturated heterocycles. The maximum atomic E-state index is 12.7. The molecule has 2 atom stereocenters. The first-order valence-electron chi connectivity index (χ1n) is 8.02. The van der Waals surface area contributed by atoms with Crippen LogP contribution in [0.4, 0.5) is 0 Å². The molecule has 1 aromatic carbocycles. The first kappa shape index (κ1) is 18.2. The van der Waals surface area contributed by atoms with Crippen LogP contribution in [0.5, 0.6) is 0 Å². The van der Waals surface area contributed by atoms with Gasteiger partial charge in [0.1, 0.15) is 0 Å². The van der Waals surface area contributed by atoms with E-state index in [0.717, 1.165) is 16.5 Å². The molecule has 24 heavy (non-hydrogen) atoms. The number of Topliss-reactive ketones (excluding diaryl/α,β-unsaturated/α-hetero) is 1. The Balaban J connectivity index is 2.40. The zero-order chi connectivity index (χ0) is 18.1. The summed E-state index contributed by atoms with van der Waals surface area (Å²) in [5.41, 5.74) is 11.6. The van der Waals surface area contributed by atoms with E-state index in [1.807, 2.05) is 55.9 Å². The second kappa shape index (κ2) is 6.75. The van der Waals surface area contributed by atoms with Crippen LogP contribution in [0.15, 0.2) is 30.5 Å². The second-order valence-corrected chi connectivity index (χ2v) is 6.84. The van der Waals surface area contributed by atoms with Gasteiger partial charge in [0, 0.05) is 30.6 Å². The molecule has 0 radical (unpaired) electrons. The number of nitrogens with zero attached hydrogens (tertiary/aromatic N) is 1. The number of carboxylic acids is 1. The number of carbonyl (C=O) groups is 2. The van der Waals surface area contributed by atoms with Crippen molar-refractivity contribution in [3.8, 4) is 0 Å². The van der Waals surface area contributed by atoms with Crippen molar-refractivity contribution in [2.75, 3.05) is 0 Å². The number of carboxylic acid groups (broad SMARTS) is 1. The number of hydrogen-bond acceptors (Lipinski definition) is 4. The third kappa shape index (κ3) is 3.34. The average Bonchev–Trinajstić information content (AvgIpc) is 2.82. The van der Waals surface area contributed by atoms with Crippen LogP contribution in [-0.4, -0.2) is 33.0 Å². The minimum Gasteiger partial charge on any atom is -0.480 e. The van der Waals surface area contributed by atoms with Gasteiger partial charge in [0.25, 0.3) is 0 Å². The third-order valence-electron chi connectivity index (χ3n) is 4.33. The summed E-state index contributed by atoms with van der Waals surface area (Å²) >= 11 is 0. The minimum atomic E-state index is -2.03. The van der Waals surface area contributed by atoms with Gasteiger partial charge in [-0.25, -0.2) is 4.79 Å².